The van der Waals surface area contributed by atoms with Crippen LogP contribution >= 0.6 is 11.8 Å². The fraction of sp³-hybridized carbons (Fsp3) is 0.500. The number of para-hydroxylation sites is 1. The molecule has 1 atom stereocenters. The van der Waals surface area contributed by atoms with E-state index in [1.54, 1.807) is 4.90 Å². The average molecular weight is 264 g/mol. The van der Waals surface area contributed by atoms with E-state index in [1.165, 1.54) is 5.56 Å². The zero-order valence-electron chi connectivity index (χ0n) is 11.0. The number of anilines is 1. The Morgan fingerprint density at radius 2 is 2.22 bits per heavy atom. The van der Waals surface area contributed by atoms with Crippen LogP contribution in [0, 0.1) is 0 Å². The molecule has 1 N–H and O–H groups in total. The Balaban J connectivity index is 2.07. The minimum absolute atomic E-state index is 0.173. The SMILES string of the molecule is CSCCCNC1CC(=O)N(C)c2ccccc21. The van der Waals surface area contributed by atoms with Crippen molar-refractivity contribution >= 4 is 23.4 Å². The first-order chi connectivity index (χ1) is 8.74. The van der Waals surface area contributed by atoms with Crippen LogP contribution in [0.5, 0.6) is 0 Å². The Bertz CT molecular complexity index is 422. The Morgan fingerprint density at radius 1 is 1.44 bits per heavy atom. The largest absolute Gasteiger partial charge is 0.315 e. The average Bonchev–Trinajstić information content (AvgIpc) is 2.40. The highest BCUT2D eigenvalue weighted by Crippen LogP contribution is 2.33. The van der Waals surface area contributed by atoms with Gasteiger partial charge in [0.1, 0.15) is 0 Å². The standard InChI is InChI=1S/C14H20N2OS/c1-16-13-7-4-3-6-11(13)12(10-14(16)17)15-8-5-9-18-2/h3-4,6-7,12,15H,5,8-10H2,1-2H3. The van der Waals surface area contributed by atoms with Gasteiger partial charge in [0.2, 0.25) is 5.91 Å². The minimum Gasteiger partial charge on any atom is -0.315 e. The van der Waals surface area contributed by atoms with E-state index in [0.717, 1.165) is 24.4 Å². The summed E-state index contributed by atoms with van der Waals surface area (Å²) < 4.78 is 0. The molecule has 0 aromatic heterocycles. The van der Waals surface area contributed by atoms with Crippen molar-refractivity contribution in [2.24, 2.45) is 0 Å². The maximum Gasteiger partial charge on any atom is 0.228 e. The van der Waals surface area contributed by atoms with Gasteiger partial charge in [0.25, 0.3) is 0 Å². The molecule has 98 valence electrons. The molecular formula is C14H20N2OS. The highest BCUT2D eigenvalue weighted by molar-refractivity contribution is 7.98. The number of nitrogens with zero attached hydrogens (tertiary/aromatic N) is 1. The maximum atomic E-state index is 11.9. The summed E-state index contributed by atoms with van der Waals surface area (Å²) >= 11 is 1.86. The van der Waals surface area contributed by atoms with Crippen molar-refractivity contribution in [3.8, 4) is 0 Å². The monoisotopic (exact) mass is 264 g/mol. The number of benzene rings is 1. The van der Waals surface area contributed by atoms with Crippen LogP contribution in [0.4, 0.5) is 5.69 Å². The number of rotatable bonds is 5. The third-order valence-corrected chi connectivity index (χ3v) is 4.04. The van der Waals surface area contributed by atoms with Crippen LogP contribution in [0.1, 0.15) is 24.4 Å². The second-order valence-corrected chi connectivity index (χ2v) is 5.55. The summed E-state index contributed by atoms with van der Waals surface area (Å²) in [5.74, 6) is 1.35. The van der Waals surface area contributed by atoms with Crippen molar-refractivity contribution in [2.75, 3.05) is 30.5 Å². The van der Waals surface area contributed by atoms with Gasteiger partial charge in [-0.25, -0.2) is 0 Å². The molecule has 0 fully saturated rings. The second kappa shape index (κ2) is 6.25. The molecule has 0 radical (unpaired) electrons. The van der Waals surface area contributed by atoms with Crippen molar-refractivity contribution in [2.45, 2.75) is 18.9 Å². The quantitative estimate of drug-likeness (QED) is 0.829. The first-order valence-corrected chi connectivity index (χ1v) is 7.71. The summed E-state index contributed by atoms with van der Waals surface area (Å²) in [5.41, 5.74) is 2.28. The number of fused-ring (bicyclic) bond motifs is 1. The highest BCUT2D eigenvalue weighted by Gasteiger charge is 2.28. The number of hydrogen-bond acceptors (Lipinski definition) is 3. The van der Waals surface area contributed by atoms with E-state index in [-0.39, 0.29) is 11.9 Å². The van der Waals surface area contributed by atoms with Gasteiger partial charge in [-0.05, 0) is 36.6 Å². The normalized spacial score (nSPS) is 18.9. The van der Waals surface area contributed by atoms with Crippen LogP contribution in [0.3, 0.4) is 0 Å². The van der Waals surface area contributed by atoms with Crippen molar-refractivity contribution in [3.05, 3.63) is 29.8 Å². The third kappa shape index (κ3) is 2.87. The lowest BCUT2D eigenvalue weighted by molar-refractivity contribution is -0.119. The van der Waals surface area contributed by atoms with Crippen molar-refractivity contribution in [1.82, 2.24) is 5.32 Å². The predicted octanol–water partition coefficient (Wildman–Crippen LogP) is 2.44. The number of amides is 1. The lowest BCUT2D eigenvalue weighted by Gasteiger charge is -2.32. The summed E-state index contributed by atoms with van der Waals surface area (Å²) in [5, 5.41) is 3.50. The van der Waals surface area contributed by atoms with E-state index in [4.69, 9.17) is 0 Å². The molecule has 0 bridgehead atoms. The highest BCUT2D eigenvalue weighted by atomic mass is 32.2. The summed E-state index contributed by atoms with van der Waals surface area (Å²) in [6.45, 7) is 0.969. The van der Waals surface area contributed by atoms with Crippen LogP contribution in [0.25, 0.3) is 0 Å². The van der Waals surface area contributed by atoms with Gasteiger partial charge >= 0.3 is 0 Å². The topological polar surface area (TPSA) is 32.3 Å². The molecule has 0 aliphatic carbocycles. The summed E-state index contributed by atoms with van der Waals surface area (Å²) in [4.78, 5) is 13.7. The Kier molecular flexibility index (Phi) is 4.66. The number of carbonyl (C=O) groups is 1. The molecular weight excluding hydrogens is 244 g/mol. The van der Waals surface area contributed by atoms with Gasteiger partial charge in [-0.15, -0.1) is 0 Å². The van der Waals surface area contributed by atoms with Gasteiger partial charge in [-0.2, -0.15) is 11.8 Å². The Labute approximate surface area is 113 Å². The van der Waals surface area contributed by atoms with E-state index in [2.05, 4.69) is 17.6 Å². The predicted molar refractivity (Wildman–Crippen MR) is 78.2 cm³/mol. The summed E-state index contributed by atoms with van der Waals surface area (Å²) in [6, 6.07) is 8.33. The van der Waals surface area contributed by atoms with Crippen LogP contribution in [0.2, 0.25) is 0 Å². The molecule has 3 nitrogen and oxygen atoms in total. The summed E-state index contributed by atoms with van der Waals surface area (Å²) in [7, 11) is 1.85. The molecule has 0 spiro atoms. The summed E-state index contributed by atoms with van der Waals surface area (Å²) in [6.07, 6.45) is 3.82. The fourth-order valence-corrected chi connectivity index (χ4v) is 2.75. The van der Waals surface area contributed by atoms with Crippen LogP contribution < -0.4 is 10.2 Å². The van der Waals surface area contributed by atoms with E-state index < -0.39 is 0 Å². The molecule has 1 aliphatic heterocycles. The number of hydrogen-bond donors (Lipinski definition) is 1. The zero-order chi connectivity index (χ0) is 13.0. The molecule has 1 aromatic rings. The minimum atomic E-state index is 0.173. The molecule has 1 aliphatic rings. The Hall–Kier alpha value is -1.00. The molecule has 0 saturated carbocycles. The van der Waals surface area contributed by atoms with Crippen molar-refractivity contribution in [1.29, 1.82) is 0 Å². The van der Waals surface area contributed by atoms with Gasteiger partial charge in [0, 0.05) is 25.2 Å². The molecule has 4 heteroatoms. The van der Waals surface area contributed by atoms with Gasteiger partial charge in [-0.3, -0.25) is 4.79 Å². The first-order valence-electron chi connectivity index (χ1n) is 6.32. The van der Waals surface area contributed by atoms with E-state index in [0.29, 0.717) is 6.42 Å². The zero-order valence-corrected chi connectivity index (χ0v) is 11.8. The Morgan fingerprint density at radius 3 is 3.00 bits per heavy atom. The van der Waals surface area contributed by atoms with E-state index in [1.807, 2.05) is 37.0 Å². The number of nitrogens with one attached hydrogen (secondary N) is 1. The molecule has 1 aromatic carbocycles. The van der Waals surface area contributed by atoms with Gasteiger partial charge < -0.3 is 10.2 Å². The van der Waals surface area contributed by atoms with Crippen molar-refractivity contribution < 1.29 is 4.79 Å². The second-order valence-electron chi connectivity index (χ2n) is 4.57. The first kappa shape index (κ1) is 13.4. The lowest BCUT2D eigenvalue weighted by Crippen LogP contribution is -2.38. The van der Waals surface area contributed by atoms with Crippen LogP contribution in [0.15, 0.2) is 24.3 Å². The van der Waals surface area contributed by atoms with Gasteiger partial charge in [0.05, 0.1) is 0 Å². The van der Waals surface area contributed by atoms with Gasteiger partial charge in [0.15, 0.2) is 0 Å². The van der Waals surface area contributed by atoms with Crippen LogP contribution in [-0.4, -0.2) is 31.5 Å². The molecule has 0 saturated heterocycles. The van der Waals surface area contributed by atoms with Gasteiger partial charge in [-0.1, -0.05) is 18.2 Å². The smallest absolute Gasteiger partial charge is 0.228 e. The molecule has 2 rings (SSSR count). The van der Waals surface area contributed by atoms with Crippen LogP contribution in [-0.2, 0) is 4.79 Å². The number of thioether (sulfide) groups is 1. The lowest BCUT2D eigenvalue weighted by atomic mass is 9.96. The fourth-order valence-electron chi connectivity index (χ4n) is 2.32. The van der Waals surface area contributed by atoms with E-state index >= 15 is 0 Å². The number of carbonyl (C=O) groups excluding carboxylic acids is 1. The van der Waals surface area contributed by atoms with Crippen molar-refractivity contribution in [3.63, 3.8) is 0 Å². The maximum absolute atomic E-state index is 11.9. The molecule has 1 heterocycles. The van der Waals surface area contributed by atoms with E-state index in [9.17, 15) is 4.79 Å². The molecule has 18 heavy (non-hydrogen) atoms. The molecule has 1 amide bonds. The molecule has 1 unspecified atom stereocenters. The third-order valence-electron chi connectivity index (χ3n) is 3.34.